The van der Waals surface area contributed by atoms with Gasteiger partial charge in [-0.3, -0.25) is 9.59 Å². The fourth-order valence-electron chi connectivity index (χ4n) is 3.47. The van der Waals surface area contributed by atoms with Crippen molar-refractivity contribution in [2.24, 2.45) is 11.3 Å². The van der Waals surface area contributed by atoms with Crippen molar-refractivity contribution in [3.8, 4) is 17.2 Å². The first kappa shape index (κ1) is 17.0. The highest BCUT2D eigenvalue weighted by Crippen LogP contribution is 2.54. The standard InChI is InChI=1S/C17H19ClO6/c1-7-5-8(19)14-16(24-14)17(7,2)15(21)11-9(22-3)6-10(23-4)12(18)13(11)20/h6-7,14,16,20H,5H2,1-4H3/t7-,14?,16?,17+/m1/s1. The molecule has 130 valence electrons. The maximum absolute atomic E-state index is 13.3. The number of carbonyl (C=O) groups excluding carboxylic acids is 2. The van der Waals surface area contributed by atoms with Crippen molar-refractivity contribution in [3.63, 3.8) is 0 Å². The molecule has 6 nitrogen and oxygen atoms in total. The quantitative estimate of drug-likeness (QED) is 0.661. The van der Waals surface area contributed by atoms with E-state index in [2.05, 4.69) is 0 Å². The maximum atomic E-state index is 13.3. The van der Waals surface area contributed by atoms with Crippen LogP contribution in [0.4, 0.5) is 0 Å². The largest absolute Gasteiger partial charge is 0.505 e. The van der Waals surface area contributed by atoms with Crippen molar-refractivity contribution < 1.29 is 28.9 Å². The van der Waals surface area contributed by atoms with Crippen LogP contribution in [0, 0.1) is 11.3 Å². The number of aromatic hydroxyl groups is 1. The number of phenols is 1. The lowest BCUT2D eigenvalue weighted by atomic mass is 9.64. The molecular weight excluding hydrogens is 336 g/mol. The molecule has 0 radical (unpaired) electrons. The minimum atomic E-state index is -0.943. The number of phenolic OH excluding ortho intramolecular Hbond substituents is 1. The van der Waals surface area contributed by atoms with E-state index in [-0.39, 0.29) is 51.7 Å². The molecule has 1 heterocycles. The van der Waals surface area contributed by atoms with Gasteiger partial charge in [0.25, 0.3) is 0 Å². The molecule has 0 spiro atoms. The van der Waals surface area contributed by atoms with E-state index in [1.807, 2.05) is 6.92 Å². The van der Waals surface area contributed by atoms with E-state index in [0.717, 1.165) is 0 Å². The van der Waals surface area contributed by atoms with Gasteiger partial charge in [-0.2, -0.15) is 0 Å². The summed E-state index contributed by atoms with van der Waals surface area (Å²) >= 11 is 6.09. The Morgan fingerprint density at radius 1 is 1.38 bits per heavy atom. The summed E-state index contributed by atoms with van der Waals surface area (Å²) in [6.07, 6.45) is -0.751. The Bertz CT molecular complexity index is 726. The number of rotatable bonds is 4. The summed E-state index contributed by atoms with van der Waals surface area (Å²) in [5, 5.41) is 10.4. The Morgan fingerprint density at radius 3 is 2.58 bits per heavy atom. The molecule has 0 aromatic heterocycles. The number of benzene rings is 1. The molecule has 1 N–H and O–H groups in total. The van der Waals surface area contributed by atoms with Crippen molar-refractivity contribution in [1.29, 1.82) is 0 Å². The molecule has 2 fully saturated rings. The molecule has 1 saturated carbocycles. The van der Waals surface area contributed by atoms with Crippen molar-refractivity contribution in [2.75, 3.05) is 14.2 Å². The van der Waals surface area contributed by atoms with Crippen LogP contribution in [0.25, 0.3) is 0 Å². The predicted octanol–water partition coefficient (Wildman–Crippen LogP) is 2.63. The van der Waals surface area contributed by atoms with E-state index in [0.29, 0.717) is 0 Å². The van der Waals surface area contributed by atoms with Gasteiger partial charge in [0.1, 0.15) is 34.3 Å². The van der Waals surface area contributed by atoms with Gasteiger partial charge in [0, 0.05) is 12.5 Å². The maximum Gasteiger partial charge on any atom is 0.179 e. The van der Waals surface area contributed by atoms with Crippen LogP contribution in [0.2, 0.25) is 5.02 Å². The third kappa shape index (κ3) is 2.20. The molecule has 1 saturated heterocycles. The lowest BCUT2D eigenvalue weighted by Gasteiger charge is -2.35. The lowest BCUT2D eigenvalue weighted by Crippen LogP contribution is -2.46. The van der Waals surface area contributed by atoms with Crippen LogP contribution < -0.4 is 9.47 Å². The zero-order valence-corrected chi connectivity index (χ0v) is 14.6. The molecule has 2 aliphatic rings. The minimum absolute atomic E-state index is 0.0127. The second kappa shape index (κ2) is 5.63. The summed E-state index contributed by atoms with van der Waals surface area (Å²) < 4.78 is 15.8. The molecule has 1 aliphatic heterocycles. The highest BCUT2D eigenvalue weighted by atomic mass is 35.5. The molecule has 1 aromatic carbocycles. The number of carbonyl (C=O) groups is 2. The summed E-state index contributed by atoms with van der Waals surface area (Å²) in [4.78, 5) is 25.2. The first-order chi connectivity index (χ1) is 11.3. The molecule has 1 aliphatic carbocycles. The minimum Gasteiger partial charge on any atom is -0.505 e. The highest BCUT2D eigenvalue weighted by Gasteiger charge is 2.65. The number of epoxide rings is 1. The van der Waals surface area contributed by atoms with E-state index in [1.165, 1.54) is 20.3 Å². The van der Waals surface area contributed by atoms with Gasteiger partial charge in [0.2, 0.25) is 0 Å². The highest BCUT2D eigenvalue weighted by molar-refractivity contribution is 6.34. The summed E-state index contributed by atoms with van der Waals surface area (Å²) in [7, 11) is 2.80. The number of fused-ring (bicyclic) bond motifs is 1. The number of ether oxygens (including phenoxy) is 3. The fourth-order valence-corrected chi connectivity index (χ4v) is 3.70. The Kier molecular flexibility index (Phi) is 4.00. The van der Waals surface area contributed by atoms with E-state index < -0.39 is 17.6 Å². The van der Waals surface area contributed by atoms with Gasteiger partial charge in [-0.15, -0.1) is 0 Å². The van der Waals surface area contributed by atoms with Crippen molar-refractivity contribution >= 4 is 23.2 Å². The van der Waals surface area contributed by atoms with Gasteiger partial charge in [0.05, 0.1) is 19.6 Å². The fraction of sp³-hybridized carbons (Fsp3) is 0.529. The van der Waals surface area contributed by atoms with Crippen LogP contribution in [-0.2, 0) is 9.53 Å². The van der Waals surface area contributed by atoms with E-state index in [1.54, 1.807) is 6.92 Å². The molecule has 24 heavy (non-hydrogen) atoms. The van der Waals surface area contributed by atoms with Gasteiger partial charge in [-0.05, 0) is 12.8 Å². The van der Waals surface area contributed by atoms with Crippen LogP contribution in [0.5, 0.6) is 17.2 Å². The second-order valence-electron chi connectivity index (χ2n) is 6.48. The number of hydrogen-bond donors (Lipinski definition) is 1. The summed E-state index contributed by atoms with van der Waals surface area (Å²) in [6.45, 7) is 3.59. The number of Topliss-reactive ketones (excluding diaryl/α,β-unsaturated/α-hetero) is 2. The zero-order valence-electron chi connectivity index (χ0n) is 13.9. The van der Waals surface area contributed by atoms with E-state index in [9.17, 15) is 14.7 Å². The number of hydrogen-bond acceptors (Lipinski definition) is 6. The molecule has 0 bridgehead atoms. The van der Waals surface area contributed by atoms with Gasteiger partial charge in [-0.1, -0.05) is 18.5 Å². The van der Waals surface area contributed by atoms with Crippen LogP contribution in [0.1, 0.15) is 30.6 Å². The summed E-state index contributed by atoms with van der Waals surface area (Å²) in [6, 6.07) is 1.46. The first-order valence-electron chi connectivity index (χ1n) is 7.63. The Morgan fingerprint density at radius 2 is 2.00 bits per heavy atom. The van der Waals surface area contributed by atoms with Crippen LogP contribution in [-0.4, -0.2) is 43.1 Å². The van der Waals surface area contributed by atoms with Gasteiger partial charge in [-0.25, -0.2) is 0 Å². The third-order valence-electron chi connectivity index (χ3n) is 5.26. The zero-order chi connectivity index (χ0) is 17.8. The van der Waals surface area contributed by atoms with Crippen molar-refractivity contribution in [3.05, 3.63) is 16.7 Å². The topological polar surface area (TPSA) is 85.4 Å². The van der Waals surface area contributed by atoms with Gasteiger partial charge >= 0.3 is 0 Å². The van der Waals surface area contributed by atoms with Crippen molar-refractivity contribution in [1.82, 2.24) is 0 Å². The van der Waals surface area contributed by atoms with Gasteiger partial charge in [0.15, 0.2) is 17.3 Å². The Balaban J connectivity index is 2.11. The number of ketones is 2. The smallest absolute Gasteiger partial charge is 0.179 e. The average molecular weight is 355 g/mol. The Hall–Kier alpha value is -1.79. The summed E-state index contributed by atoms with van der Waals surface area (Å²) in [5.41, 5.74) is -0.956. The average Bonchev–Trinajstić information content (AvgIpc) is 3.36. The van der Waals surface area contributed by atoms with Crippen LogP contribution >= 0.6 is 11.6 Å². The molecule has 0 amide bonds. The van der Waals surface area contributed by atoms with Crippen LogP contribution in [0.15, 0.2) is 6.07 Å². The molecular formula is C17H19ClO6. The molecule has 7 heteroatoms. The van der Waals surface area contributed by atoms with E-state index in [4.69, 9.17) is 25.8 Å². The molecule has 4 atom stereocenters. The first-order valence-corrected chi connectivity index (χ1v) is 8.01. The third-order valence-corrected chi connectivity index (χ3v) is 5.62. The SMILES string of the molecule is COc1cc(OC)c(C(=O)[C@@]2(C)C3OC3C(=O)C[C@H]2C)c(O)c1Cl. The van der Waals surface area contributed by atoms with Crippen molar-refractivity contribution in [2.45, 2.75) is 32.5 Å². The number of methoxy groups -OCH3 is 2. The lowest BCUT2D eigenvalue weighted by molar-refractivity contribution is -0.122. The Labute approximate surface area is 144 Å². The van der Waals surface area contributed by atoms with E-state index >= 15 is 0 Å². The monoisotopic (exact) mass is 354 g/mol. The predicted molar refractivity (Wildman–Crippen MR) is 86.1 cm³/mol. The molecule has 2 unspecified atom stereocenters. The van der Waals surface area contributed by atoms with Gasteiger partial charge < -0.3 is 19.3 Å². The number of halogens is 1. The normalized spacial score (nSPS) is 31.4. The molecule has 1 aromatic rings. The second-order valence-corrected chi connectivity index (χ2v) is 6.86. The summed E-state index contributed by atoms with van der Waals surface area (Å²) in [5.74, 6) is -0.580. The van der Waals surface area contributed by atoms with Crippen LogP contribution in [0.3, 0.4) is 0 Å². The molecule has 3 rings (SSSR count).